The second-order valence-corrected chi connectivity index (χ2v) is 9.42. The van der Waals surface area contributed by atoms with E-state index < -0.39 is 0 Å². The standard InChI is InChI=1S/C27H33N3O2S/c1-4-21-19-23(27(33-21)28-26(31)20-11-7-6-8-12-20)25(22-13-9-10-14-24(22)32-3)30-17-15-29(5-2)16-18-30/h6-14,19,25H,4-5,15-18H2,1-3H3,(H,28,31)/t25-/m0/s1. The van der Waals surface area contributed by atoms with Gasteiger partial charge in [0.2, 0.25) is 0 Å². The Morgan fingerprint density at radius 2 is 1.70 bits per heavy atom. The van der Waals surface area contributed by atoms with Crippen LogP contribution in [0, 0.1) is 0 Å². The highest BCUT2D eigenvalue weighted by Gasteiger charge is 2.31. The number of aryl methyl sites for hydroxylation is 1. The maximum Gasteiger partial charge on any atom is 0.256 e. The van der Waals surface area contributed by atoms with Crippen LogP contribution in [0.25, 0.3) is 0 Å². The minimum absolute atomic E-state index is 0.0165. The molecule has 0 spiro atoms. The summed E-state index contributed by atoms with van der Waals surface area (Å²) < 4.78 is 5.78. The lowest BCUT2D eigenvalue weighted by Crippen LogP contribution is -2.47. The summed E-state index contributed by atoms with van der Waals surface area (Å²) in [5, 5.41) is 4.16. The van der Waals surface area contributed by atoms with Gasteiger partial charge in [0, 0.05) is 47.7 Å². The van der Waals surface area contributed by atoms with E-state index in [-0.39, 0.29) is 11.9 Å². The first kappa shape index (κ1) is 23.5. The Labute approximate surface area is 201 Å². The zero-order valence-corrected chi connectivity index (χ0v) is 20.5. The average Bonchev–Trinajstić information content (AvgIpc) is 3.27. The highest BCUT2D eigenvalue weighted by molar-refractivity contribution is 7.16. The Bertz CT molecular complexity index is 1060. The van der Waals surface area contributed by atoms with Gasteiger partial charge < -0.3 is 15.0 Å². The van der Waals surface area contributed by atoms with Crippen molar-refractivity contribution in [2.24, 2.45) is 0 Å². The molecule has 6 heteroatoms. The molecule has 2 aromatic carbocycles. The smallest absolute Gasteiger partial charge is 0.256 e. The molecule has 4 rings (SSSR count). The molecule has 3 aromatic rings. The molecular weight excluding hydrogens is 430 g/mol. The largest absolute Gasteiger partial charge is 0.496 e. The molecule has 1 aliphatic rings. The van der Waals surface area contributed by atoms with Crippen LogP contribution in [0.3, 0.4) is 0 Å². The lowest BCUT2D eigenvalue weighted by Gasteiger charge is -2.39. The average molecular weight is 464 g/mol. The molecule has 1 aromatic heterocycles. The molecule has 1 atom stereocenters. The van der Waals surface area contributed by atoms with Gasteiger partial charge in [0.1, 0.15) is 10.8 Å². The Morgan fingerprint density at radius 3 is 2.36 bits per heavy atom. The number of para-hydroxylation sites is 1. The maximum atomic E-state index is 13.1. The minimum atomic E-state index is -0.0732. The van der Waals surface area contributed by atoms with Crippen molar-refractivity contribution in [3.8, 4) is 5.75 Å². The zero-order chi connectivity index (χ0) is 23.2. The van der Waals surface area contributed by atoms with Gasteiger partial charge in [-0.3, -0.25) is 9.69 Å². The fourth-order valence-electron chi connectivity index (χ4n) is 4.49. The first-order valence-corrected chi connectivity index (χ1v) is 12.5. The van der Waals surface area contributed by atoms with Crippen LogP contribution in [0.4, 0.5) is 5.00 Å². The normalized spacial score (nSPS) is 15.8. The molecular formula is C27H33N3O2S. The molecule has 2 heterocycles. The summed E-state index contributed by atoms with van der Waals surface area (Å²) in [6.07, 6.45) is 0.932. The van der Waals surface area contributed by atoms with E-state index in [1.165, 1.54) is 4.88 Å². The summed E-state index contributed by atoms with van der Waals surface area (Å²) in [5.41, 5.74) is 2.96. The quantitative estimate of drug-likeness (QED) is 0.492. The Balaban J connectivity index is 1.75. The van der Waals surface area contributed by atoms with Crippen molar-refractivity contribution in [1.82, 2.24) is 9.80 Å². The third-order valence-corrected chi connectivity index (χ3v) is 7.58. The number of amides is 1. The number of hydrogen-bond donors (Lipinski definition) is 1. The summed E-state index contributed by atoms with van der Waals surface area (Å²) in [5.74, 6) is 0.806. The number of methoxy groups -OCH3 is 1. The molecule has 0 radical (unpaired) electrons. The van der Waals surface area contributed by atoms with E-state index in [1.807, 2.05) is 42.5 Å². The molecule has 0 aliphatic carbocycles. The topological polar surface area (TPSA) is 44.8 Å². The van der Waals surface area contributed by atoms with Gasteiger partial charge in [-0.25, -0.2) is 0 Å². The fraction of sp³-hybridized carbons (Fsp3) is 0.370. The van der Waals surface area contributed by atoms with Gasteiger partial charge in [-0.15, -0.1) is 11.3 Å². The summed E-state index contributed by atoms with van der Waals surface area (Å²) in [6.45, 7) is 9.48. The van der Waals surface area contributed by atoms with Crippen LogP contribution < -0.4 is 10.1 Å². The third kappa shape index (κ3) is 5.29. The number of carbonyl (C=O) groups excluding carboxylic acids is 1. The molecule has 5 nitrogen and oxygen atoms in total. The van der Waals surface area contributed by atoms with Crippen LogP contribution >= 0.6 is 11.3 Å². The Morgan fingerprint density at radius 1 is 1.00 bits per heavy atom. The predicted octanol–water partition coefficient (Wildman–Crippen LogP) is 5.30. The summed E-state index contributed by atoms with van der Waals surface area (Å²) in [7, 11) is 1.73. The Hall–Kier alpha value is -2.67. The van der Waals surface area contributed by atoms with Gasteiger partial charge in [0.05, 0.1) is 13.2 Å². The number of nitrogens with zero attached hydrogens (tertiary/aromatic N) is 2. The van der Waals surface area contributed by atoms with E-state index in [0.29, 0.717) is 5.56 Å². The number of thiophene rings is 1. The van der Waals surface area contributed by atoms with Crippen LogP contribution in [-0.2, 0) is 6.42 Å². The summed E-state index contributed by atoms with van der Waals surface area (Å²) in [4.78, 5) is 19.3. The summed E-state index contributed by atoms with van der Waals surface area (Å²) in [6, 6.07) is 20.0. The first-order valence-electron chi connectivity index (χ1n) is 11.7. The molecule has 1 saturated heterocycles. The molecule has 0 bridgehead atoms. The van der Waals surface area contributed by atoms with Gasteiger partial charge in [0.15, 0.2) is 0 Å². The zero-order valence-electron chi connectivity index (χ0n) is 19.7. The fourth-order valence-corrected chi connectivity index (χ4v) is 5.51. The van der Waals surface area contributed by atoms with E-state index in [4.69, 9.17) is 4.74 Å². The van der Waals surface area contributed by atoms with Crippen LogP contribution in [-0.4, -0.2) is 55.5 Å². The highest BCUT2D eigenvalue weighted by Crippen LogP contribution is 2.42. The summed E-state index contributed by atoms with van der Waals surface area (Å²) >= 11 is 1.68. The number of anilines is 1. The number of hydrogen-bond acceptors (Lipinski definition) is 5. The van der Waals surface area contributed by atoms with Gasteiger partial charge in [-0.05, 0) is 37.2 Å². The minimum Gasteiger partial charge on any atom is -0.496 e. The van der Waals surface area contributed by atoms with E-state index in [0.717, 1.165) is 61.0 Å². The number of nitrogens with one attached hydrogen (secondary N) is 1. The van der Waals surface area contributed by atoms with E-state index >= 15 is 0 Å². The molecule has 0 unspecified atom stereocenters. The van der Waals surface area contributed by atoms with Crippen molar-refractivity contribution < 1.29 is 9.53 Å². The lowest BCUT2D eigenvalue weighted by molar-refractivity contribution is 0.102. The van der Waals surface area contributed by atoms with Crippen LogP contribution in [0.2, 0.25) is 0 Å². The van der Waals surface area contributed by atoms with Gasteiger partial charge in [-0.2, -0.15) is 0 Å². The number of benzene rings is 2. The van der Waals surface area contributed by atoms with E-state index in [2.05, 4.69) is 47.2 Å². The highest BCUT2D eigenvalue weighted by atomic mass is 32.1. The monoisotopic (exact) mass is 463 g/mol. The molecule has 0 saturated carbocycles. The first-order chi connectivity index (χ1) is 16.1. The van der Waals surface area contributed by atoms with Crippen molar-refractivity contribution in [3.05, 3.63) is 82.2 Å². The molecule has 1 fully saturated rings. The molecule has 1 amide bonds. The van der Waals surface area contributed by atoms with E-state index in [1.54, 1.807) is 18.4 Å². The predicted molar refractivity (Wildman–Crippen MR) is 137 cm³/mol. The number of rotatable bonds is 8. The van der Waals surface area contributed by atoms with E-state index in [9.17, 15) is 4.79 Å². The molecule has 1 aliphatic heterocycles. The van der Waals surface area contributed by atoms with Crippen molar-refractivity contribution in [1.29, 1.82) is 0 Å². The second-order valence-electron chi connectivity index (χ2n) is 8.29. The van der Waals surface area contributed by atoms with Crippen LogP contribution in [0.1, 0.15) is 46.3 Å². The number of carbonyl (C=O) groups is 1. The maximum absolute atomic E-state index is 13.1. The van der Waals surface area contributed by atoms with Crippen molar-refractivity contribution in [3.63, 3.8) is 0 Å². The van der Waals surface area contributed by atoms with Crippen LogP contribution in [0.15, 0.2) is 60.7 Å². The van der Waals surface area contributed by atoms with Gasteiger partial charge in [-0.1, -0.05) is 50.2 Å². The molecule has 33 heavy (non-hydrogen) atoms. The lowest BCUT2D eigenvalue weighted by atomic mass is 9.96. The third-order valence-electron chi connectivity index (χ3n) is 6.37. The number of likely N-dealkylation sites (N-methyl/N-ethyl adjacent to an activating group) is 1. The van der Waals surface area contributed by atoms with Crippen LogP contribution in [0.5, 0.6) is 5.75 Å². The number of ether oxygens (including phenoxy) is 1. The van der Waals surface area contributed by atoms with Gasteiger partial charge in [0.25, 0.3) is 5.91 Å². The SMILES string of the molecule is CCc1cc([C@H](c2ccccc2OC)N2CCN(CC)CC2)c(NC(=O)c2ccccc2)s1. The molecule has 1 N–H and O–H groups in total. The van der Waals surface area contributed by atoms with Crippen molar-refractivity contribution in [2.75, 3.05) is 45.2 Å². The van der Waals surface area contributed by atoms with Gasteiger partial charge >= 0.3 is 0 Å². The number of piperazine rings is 1. The second kappa shape index (κ2) is 11.0. The Kier molecular flexibility index (Phi) is 7.81. The van der Waals surface area contributed by atoms with Crippen molar-refractivity contribution in [2.45, 2.75) is 26.3 Å². The van der Waals surface area contributed by atoms with Crippen molar-refractivity contribution >= 4 is 22.2 Å². The molecule has 174 valence electrons.